The normalized spacial score (nSPS) is 34.7. The lowest BCUT2D eigenvalue weighted by Crippen LogP contribution is -2.49. The maximum atomic E-state index is 12.7. The average Bonchev–Trinajstić information content (AvgIpc) is 3.03. The lowest BCUT2D eigenvalue weighted by atomic mass is 9.97. The zero-order chi connectivity index (χ0) is 14.0. The minimum atomic E-state index is -0.899. The summed E-state index contributed by atoms with van der Waals surface area (Å²) in [5.41, 5.74) is 0. The first-order valence-corrected chi connectivity index (χ1v) is 7.93. The molecule has 0 spiro atoms. The van der Waals surface area contributed by atoms with Gasteiger partial charge in [-0.2, -0.15) is 0 Å². The molecule has 0 aliphatic carbocycles. The van der Waals surface area contributed by atoms with Gasteiger partial charge < -0.3 is 14.7 Å². The summed E-state index contributed by atoms with van der Waals surface area (Å²) in [5, 5.41) is 9.27. The summed E-state index contributed by atoms with van der Waals surface area (Å²) in [6, 6.07) is -0.680. The molecule has 1 N–H and O–H groups in total. The Bertz CT molecular complexity index is 363. The van der Waals surface area contributed by atoms with Crippen LogP contribution in [0.1, 0.15) is 33.1 Å². The average molecular weight is 287 g/mol. The van der Waals surface area contributed by atoms with Gasteiger partial charge in [-0.1, -0.05) is 13.8 Å². The minimum Gasteiger partial charge on any atom is -0.480 e. The first-order valence-electron chi connectivity index (χ1n) is 6.88. The molecule has 4 unspecified atom stereocenters. The van der Waals surface area contributed by atoms with E-state index in [1.165, 1.54) is 0 Å². The van der Waals surface area contributed by atoms with Crippen LogP contribution in [0.5, 0.6) is 0 Å². The second kappa shape index (κ2) is 6.13. The molecule has 6 heteroatoms. The SMILES string of the molecule is CCC1OCCC1C(=O)N1C(CC)SCC1C(=O)O. The van der Waals surface area contributed by atoms with E-state index in [0.29, 0.717) is 18.8 Å². The third-order valence-corrected chi connectivity index (χ3v) is 5.36. The number of rotatable bonds is 4. The Kier molecular flexibility index (Phi) is 4.73. The van der Waals surface area contributed by atoms with Crippen LogP contribution >= 0.6 is 11.8 Å². The van der Waals surface area contributed by atoms with Crippen LogP contribution in [0.4, 0.5) is 0 Å². The van der Waals surface area contributed by atoms with Crippen LogP contribution < -0.4 is 0 Å². The van der Waals surface area contributed by atoms with Crippen LogP contribution in [-0.4, -0.2) is 51.8 Å². The summed E-state index contributed by atoms with van der Waals surface area (Å²) >= 11 is 1.57. The van der Waals surface area contributed by atoms with Crippen molar-refractivity contribution >= 4 is 23.6 Å². The Balaban J connectivity index is 2.16. The molecule has 2 rings (SSSR count). The monoisotopic (exact) mass is 287 g/mol. The molecule has 0 bridgehead atoms. The van der Waals surface area contributed by atoms with Gasteiger partial charge in [0.15, 0.2) is 0 Å². The van der Waals surface area contributed by atoms with E-state index in [4.69, 9.17) is 4.74 Å². The molecule has 0 radical (unpaired) electrons. The van der Waals surface area contributed by atoms with Crippen molar-refractivity contribution in [2.45, 2.75) is 50.6 Å². The molecule has 5 nitrogen and oxygen atoms in total. The number of hydrogen-bond acceptors (Lipinski definition) is 4. The number of carboxylic acids is 1. The molecule has 4 atom stereocenters. The zero-order valence-corrected chi connectivity index (χ0v) is 12.2. The zero-order valence-electron chi connectivity index (χ0n) is 11.4. The number of hydrogen-bond donors (Lipinski definition) is 1. The van der Waals surface area contributed by atoms with E-state index in [1.807, 2.05) is 13.8 Å². The fourth-order valence-electron chi connectivity index (χ4n) is 2.89. The van der Waals surface area contributed by atoms with E-state index in [1.54, 1.807) is 16.7 Å². The predicted molar refractivity (Wildman–Crippen MR) is 72.9 cm³/mol. The summed E-state index contributed by atoms with van der Waals surface area (Å²) in [4.78, 5) is 25.6. The number of carboxylic acid groups (broad SMARTS) is 1. The van der Waals surface area contributed by atoms with Crippen molar-refractivity contribution in [3.8, 4) is 0 Å². The van der Waals surface area contributed by atoms with Crippen molar-refractivity contribution in [2.75, 3.05) is 12.4 Å². The van der Waals surface area contributed by atoms with E-state index in [-0.39, 0.29) is 23.3 Å². The fourth-order valence-corrected chi connectivity index (χ4v) is 4.24. The number of nitrogens with zero attached hydrogens (tertiary/aromatic N) is 1. The maximum Gasteiger partial charge on any atom is 0.327 e. The molecule has 0 aromatic heterocycles. The van der Waals surface area contributed by atoms with Gasteiger partial charge in [0.25, 0.3) is 0 Å². The van der Waals surface area contributed by atoms with E-state index < -0.39 is 12.0 Å². The van der Waals surface area contributed by atoms with Crippen molar-refractivity contribution in [1.82, 2.24) is 4.90 Å². The van der Waals surface area contributed by atoms with Crippen LogP contribution in [0.15, 0.2) is 0 Å². The van der Waals surface area contributed by atoms with Gasteiger partial charge in [0, 0.05) is 12.4 Å². The molecule has 1 amide bonds. The van der Waals surface area contributed by atoms with Crippen LogP contribution in [0.2, 0.25) is 0 Å². The largest absolute Gasteiger partial charge is 0.480 e. The van der Waals surface area contributed by atoms with Gasteiger partial charge in [-0.05, 0) is 19.3 Å². The quantitative estimate of drug-likeness (QED) is 0.850. The lowest BCUT2D eigenvalue weighted by molar-refractivity contribution is -0.151. The van der Waals surface area contributed by atoms with E-state index in [9.17, 15) is 14.7 Å². The van der Waals surface area contributed by atoms with Gasteiger partial charge >= 0.3 is 5.97 Å². The number of ether oxygens (including phenoxy) is 1. The van der Waals surface area contributed by atoms with E-state index in [0.717, 1.165) is 12.8 Å². The van der Waals surface area contributed by atoms with Crippen molar-refractivity contribution < 1.29 is 19.4 Å². The highest BCUT2D eigenvalue weighted by molar-refractivity contribution is 8.00. The lowest BCUT2D eigenvalue weighted by Gasteiger charge is -2.30. The summed E-state index contributed by atoms with van der Waals surface area (Å²) in [6.45, 7) is 4.59. The molecule has 0 aromatic rings. The third-order valence-electron chi connectivity index (χ3n) is 3.91. The molecule has 2 fully saturated rings. The molecule has 0 aromatic carbocycles. The van der Waals surface area contributed by atoms with E-state index >= 15 is 0 Å². The summed E-state index contributed by atoms with van der Waals surface area (Å²) in [6.07, 6.45) is 2.24. The van der Waals surface area contributed by atoms with Crippen LogP contribution in [0, 0.1) is 5.92 Å². The van der Waals surface area contributed by atoms with Gasteiger partial charge in [0.1, 0.15) is 6.04 Å². The fraction of sp³-hybridized carbons (Fsp3) is 0.846. The van der Waals surface area contributed by atoms with Crippen molar-refractivity contribution in [1.29, 1.82) is 0 Å². The first kappa shape index (κ1) is 14.7. The summed E-state index contributed by atoms with van der Waals surface area (Å²) in [7, 11) is 0. The highest BCUT2D eigenvalue weighted by Crippen LogP contribution is 2.35. The molecule has 108 valence electrons. The van der Waals surface area contributed by atoms with Crippen LogP contribution in [0.25, 0.3) is 0 Å². The third kappa shape index (κ3) is 2.74. The van der Waals surface area contributed by atoms with Gasteiger partial charge in [-0.15, -0.1) is 11.8 Å². The number of amides is 1. The van der Waals surface area contributed by atoms with Crippen molar-refractivity contribution in [2.24, 2.45) is 5.92 Å². The maximum absolute atomic E-state index is 12.7. The number of thioether (sulfide) groups is 1. The van der Waals surface area contributed by atoms with E-state index in [2.05, 4.69) is 0 Å². The highest BCUT2D eigenvalue weighted by atomic mass is 32.2. The van der Waals surface area contributed by atoms with Gasteiger partial charge in [0.05, 0.1) is 17.4 Å². The number of carbonyl (C=O) groups is 2. The standard InChI is InChI=1S/C13H21NO4S/c1-3-10-8(5-6-18-10)12(15)14-9(13(16)17)7-19-11(14)4-2/h8-11H,3-7H2,1-2H3,(H,16,17). The van der Waals surface area contributed by atoms with Gasteiger partial charge in [-0.25, -0.2) is 4.79 Å². The molecule has 19 heavy (non-hydrogen) atoms. The second-order valence-electron chi connectivity index (χ2n) is 5.01. The Morgan fingerprint density at radius 3 is 2.68 bits per heavy atom. The number of carbonyl (C=O) groups excluding carboxylic acids is 1. The molecular formula is C13H21NO4S. The second-order valence-corrected chi connectivity index (χ2v) is 6.22. The van der Waals surface area contributed by atoms with Crippen LogP contribution in [0.3, 0.4) is 0 Å². The van der Waals surface area contributed by atoms with Crippen molar-refractivity contribution in [3.05, 3.63) is 0 Å². The molecule has 2 aliphatic rings. The van der Waals surface area contributed by atoms with Crippen molar-refractivity contribution in [3.63, 3.8) is 0 Å². The summed E-state index contributed by atoms with van der Waals surface area (Å²) in [5.74, 6) is -0.610. The predicted octanol–water partition coefficient (Wildman–Crippen LogP) is 1.57. The van der Waals surface area contributed by atoms with Gasteiger partial charge in [0.2, 0.25) is 5.91 Å². The molecular weight excluding hydrogens is 266 g/mol. The minimum absolute atomic E-state index is 0.00768. The molecule has 2 heterocycles. The molecule has 0 saturated carbocycles. The molecule has 2 saturated heterocycles. The Morgan fingerprint density at radius 2 is 2.11 bits per heavy atom. The van der Waals surface area contributed by atoms with Gasteiger partial charge in [-0.3, -0.25) is 4.79 Å². The Labute approximate surface area is 117 Å². The van der Waals surface area contributed by atoms with Crippen LogP contribution in [-0.2, 0) is 14.3 Å². The summed E-state index contributed by atoms with van der Waals surface area (Å²) < 4.78 is 5.56. The number of aliphatic carboxylic acids is 1. The first-order chi connectivity index (χ1) is 9.10. The smallest absolute Gasteiger partial charge is 0.327 e. The Hall–Kier alpha value is -0.750. The Morgan fingerprint density at radius 1 is 1.37 bits per heavy atom. The molecule has 2 aliphatic heterocycles. The highest BCUT2D eigenvalue weighted by Gasteiger charge is 2.45. The topological polar surface area (TPSA) is 66.8 Å².